The molecular weight excluding hydrogens is 571 g/mol. The summed E-state index contributed by atoms with van der Waals surface area (Å²) in [4.78, 5) is 54.8. The second kappa shape index (κ2) is 11.4. The summed E-state index contributed by atoms with van der Waals surface area (Å²) in [6.45, 7) is 1.77. The van der Waals surface area contributed by atoms with Crippen molar-refractivity contribution in [3.63, 3.8) is 0 Å². The highest BCUT2D eigenvalue weighted by molar-refractivity contribution is 6.30. The molecule has 43 heavy (non-hydrogen) atoms. The van der Waals surface area contributed by atoms with Gasteiger partial charge >= 0.3 is 0 Å². The lowest BCUT2D eigenvalue weighted by Crippen LogP contribution is -2.51. The van der Waals surface area contributed by atoms with Gasteiger partial charge in [0, 0.05) is 52.9 Å². The number of aromatic nitrogens is 1. The number of ketones is 1. The highest BCUT2D eigenvalue weighted by atomic mass is 35.5. The van der Waals surface area contributed by atoms with Gasteiger partial charge in [0.1, 0.15) is 12.6 Å². The number of fused-ring (bicyclic) bond motifs is 1. The van der Waals surface area contributed by atoms with E-state index in [1.165, 1.54) is 17.9 Å². The van der Waals surface area contributed by atoms with E-state index < -0.39 is 17.1 Å². The van der Waals surface area contributed by atoms with Crippen LogP contribution in [0.5, 0.6) is 0 Å². The van der Waals surface area contributed by atoms with Crippen LogP contribution in [0.4, 0.5) is 10.1 Å². The summed E-state index contributed by atoms with van der Waals surface area (Å²) in [7, 11) is 0. The molecule has 6 rings (SSSR count). The lowest BCUT2D eigenvalue weighted by atomic mass is 9.91. The number of anilines is 1. The number of halogens is 2. The molecule has 1 N–H and O–H groups in total. The van der Waals surface area contributed by atoms with E-state index in [9.17, 15) is 19.2 Å². The fourth-order valence-electron chi connectivity index (χ4n) is 5.91. The molecule has 1 aromatic heterocycles. The predicted octanol–water partition coefficient (Wildman–Crippen LogP) is 5.00. The Kier molecular flexibility index (Phi) is 7.68. The van der Waals surface area contributed by atoms with Crippen LogP contribution in [0.25, 0.3) is 16.5 Å². The molecule has 2 aromatic carbocycles. The quantitative estimate of drug-likeness (QED) is 0.276. The molecule has 1 aliphatic heterocycles. The molecule has 3 aliphatic rings. The van der Waals surface area contributed by atoms with Gasteiger partial charge in [0.2, 0.25) is 22.8 Å². The number of benzene rings is 2. The van der Waals surface area contributed by atoms with E-state index >= 15 is 4.39 Å². The number of hydrogen-bond donors (Lipinski definition) is 1. The zero-order valence-electron chi connectivity index (χ0n) is 23.8. The van der Waals surface area contributed by atoms with E-state index in [0.717, 1.165) is 24.9 Å². The van der Waals surface area contributed by atoms with Gasteiger partial charge < -0.3 is 19.7 Å². The van der Waals surface area contributed by atoms with E-state index in [4.69, 9.17) is 11.6 Å². The molecule has 1 saturated heterocycles. The lowest BCUT2D eigenvalue weighted by Gasteiger charge is -2.32. The van der Waals surface area contributed by atoms with Crippen LogP contribution in [-0.4, -0.2) is 63.3 Å². The first-order valence-corrected chi connectivity index (χ1v) is 14.9. The number of amides is 3. The molecule has 2 heterocycles. The normalized spacial score (nSPS) is 21.7. The zero-order valence-corrected chi connectivity index (χ0v) is 24.5. The van der Waals surface area contributed by atoms with Crippen LogP contribution >= 0.6 is 11.6 Å². The number of carbonyl (C=O) groups excluding carboxylic acids is 4. The molecule has 8 nitrogen and oxygen atoms in total. The van der Waals surface area contributed by atoms with E-state index in [1.807, 2.05) is 24.3 Å². The summed E-state index contributed by atoms with van der Waals surface area (Å²) in [5.74, 6) is -0.912. The third kappa shape index (κ3) is 5.73. The highest BCUT2D eigenvalue weighted by Gasteiger charge is 2.43. The highest BCUT2D eigenvalue weighted by Crippen LogP contribution is 2.40. The number of rotatable bonds is 9. The van der Waals surface area contributed by atoms with Crippen molar-refractivity contribution in [1.29, 1.82) is 0 Å². The molecule has 3 amide bonds. The van der Waals surface area contributed by atoms with Crippen LogP contribution in [0, 0.1) is 0 Å². The van der Waals surface area contributed by atoms with E-state index in [2.05, 4.69) is 5.32 Å². The molecule has 10 heteroatoms. The molecular formula is C33H32ClFN4O4. The SMILES string of the molecule is CC(=O)c1cn(CC(=O)N(CC(=O)NC2C=CC=C(c3ccccc3)C2(F)Cl)C2CC2)c2ccc(N3CCCC3=O)cc12. The minimum absolute atomic E-state index is 0.0480. The van der Waals surface area contributed by atoms with Crippen molar-refractivity contribution in [3.8, 4) is 0 Å². The molecule has 3 aromatic rings. The Bertz CT molecular complexity index is 1670. The molecule has 1 saturated carbocycles. The van der Waals surface area contributed by atoms with Gasteiger partial charge in [-0.15, -0.1) is 0 Å². The van der Waals surface area contributed by atoms with Crippen molar-refractivity contribution in [3.05, 3.63) is 84.1 Å². The van der Waals surface area contributed by atoms with Gasteiger partial charge in [-0.3, -0.25) is 19.2 Å². The van der Waals surface area contributed by atoms with Crippen LogP contribution in [0.1, 0.15) is 48.5 Å². The smallest absolute Gasteiger partial charge is 0.243 e. The molecule has 2 fully saturated rings. The fourth-order valence-corrected chi connectivity index (χ4v) is 6.21. The van der Waals surface area contributed by atoms with Gasteiger partial charge in [0.05, 0.1) is 6.54 Å². The summed E-state index contributed by atoms with van der Waals surface area (Å²) in [6.07, 6.45) is 9.22. The number of allylic oxidation sites excluding steroid dienone is 2. The first-order valence-electron chi connectivity index (χ1n) is 14.5. The largest absolute Gasteiger partial charge is 0.343 e. The summed E-state index contributed by atoms with van der Waals surface area (Å²) in [5.41, 5.74) is 2.73. The third-order valence-corrected chi connectivity index (χ3v) is 8.71. The molecule has 2 unspecified atom stereocenters. The molecule has 0 radical (unpaired) electrons. The predicted molar refractivity (Wildman–Crippen MR) is 163 cm³/mol. The van der Waals surface area contributed by atoms with Crippen molar-refractivity contribution in [2.24, 2.45) is 0 Å². The number of nitrogens with one attached hydrogen (secondary N) is 1. The van der Waals surface area contributed by atoms with Gasteiger partial charge in [-0.25, -0.2) is 4.39 Å². The molecule has 0 spiro atoms. The van der Waals surface area contributed by atoms with Crippen molar-refractivity contribution in [1.82, 2.24) is 14.8 Å². The minimum atomic E-state index is -2.37. The van der Waals surface area contributed by atoms with Crippen LogP contribution < -0.4 is 10.2 Å². The van der Waals surface area contributed by atoms with Gasteiger partial charge in [-0.05, 0) is 49.9 Å². The van der Waals surface area contributed by atoms with Crippen molar-refractivity contribution in [2.45, 2.75) is 56.4 Å². The fraction of sp³-hybridized carbons (Fsp3) is 0.333. The molecule has 2 atom stereocenters. The Morgan fingerprint density at radius 2 is 1.91 bits per heavy atom. The van der Waals surface area contributed by atoms with Crippen LogP contribution in [0.15, 0.2) is 73.0 Å². The van der Waals surface area contributed by atoms with E-state index in [0.29, 0.717) is 35.0 Å². The number of Topliss-reactive ketones (excluding diaryl/α,β-unsaturated/α-hetero) is 1. The van der Waals surface area contributed by atoms with Gasteiger partial charge in [-0.1, -0.05) is 60.2 Å². The van der Waals surface area contributed by atoms with E-state index in [1.54, 1.807) is 52.1 Å². The standard InChI is InChI=1S/C33H32ClFN4O4/c1-21(40)26-18-37(28-15-14-24(17-25(26)28)38-16-6-11-31(38)42)20-32(43)39(23-12-13-23)19-30(41)36-29-10-5-9-27(33(29,34)35)22-7-3-2-4-8-22/h2-5,7-10,14-15,17-18,23,29H,6,11-13,16,19-20H2,1H3,(H,36,41). The Morgan fingerprint density at radius 1 is 1.14 bits per heavy atom. The Balaban J connectivity index is 1.18. The van der Waals surface area contributed by atoms with Crippen LogP contribution in [0.3, 0.4) is 0 Å². The molecule has 222 valence electrons. The number of nitrogens with zero attached hydrogens (tertiary/aromatic N) is 3. The van der Waals surface area contributed by atoms with E-state index in [-0.39, 0.29) is 42.3 Å². The number of hydrogen-bond acceptors (Lipinski definition) is 4. The van der Waals surface area contributed by atoms with Crippen molar-refractivity contribution in [2.75, 3.05) is 18.0 Å². The second-order valence-electron chi connectivity index (χ2n) is 11.3. The third-order valence-electron chi connectivity index (χ3n) is 8.27. The number of carbonyl (C=O) groups is 4. The first kappa shape index (κ1) is 28.9. The summed E-state index contributed by atoms with van der Waals surface area (Å²) in [6, 6.07) is 13.2. The summed E-state index contributed by atoms with van der Waals surface area (Å²) >= 11 is 6.37. The first-order chi connectivity index (χ1) is 20.6. The second-order valence-corrected chi connectivity index (χ2v) is 11.9. The van der Waals surface area contributed by atoms with Gasteiger partial charge in [0.15, 0.2) is 5.78 Å². The molecule has 2 aliphatic carbocycles. The van der Waals surface area contributed by atoms with Crippen molar-refractivity contribution >= 4 is 57.3 Å². The molecule has 0 bridgehead atoms. The Morgan fingerprint density at radius 3 is 2.58 bits per heavy atom. The van der Waals surface area contributed by atoms with Crippen molar-refractivity contribution < 1.29 is 23.6 Å². The van der Waals surface area contributed by atoms with Gasteiger partial charge in [-0.2, -0.15) is 0 Å². The summed E-state index contributed by atoms with van der Waals surface area (Å²) in [5, 5.41) is 0.973. The van der Waals surface area contributed by atoms with Crippen LogP contribution in [0.2, 0.25) is 0 Å². The van der Waals surface area contributed by atoms with Crippen LogP contribution in [-0.2, 0) is 20.9 Å². The van der Waals surface area contributed by atoms with Gasteiger partial charge in [0.25, 0.3) is 0 Å². The Hall–Kier alpha value is -4.24. The maximum Gasteiger partial charge on any atom is 0.243 e. The minimum Gasteiger partial charge on any atom is -0.343 e. The number of alkyl halides is 2. The maximum absolute atomic E-state index is 15.9. The average Bonchev–Trinajstić information content (AvgIpc) is 3.63. The summed E-state index contributed by atoms with van der Waals surface area (Å²) < 4.78 is 17.6. The lowest BCUT2D eigenvalue weighted by molar-refractivity contribution is -0.137. The maximum atomic E-state index is 15.9. The monoisotopic (exact) mass is 602 g/mol. The topological polar surface area (TPSA) is 91.7 Å². The zero-order chi connectivity index (χ0) is 30.3. The Labute approximate surface area is 253 Å². The average molecular weight is 603 g/mol.